The molecule has 0 saturated carbocycles. The summed E-state index contributed by atoms with van der Waals surface area (Å²) >= 11 is 0. The van der Waals surface area contributed by atoms with E-state index in [1.165, 1.54) is 18.4 Å². The van der Waals surface area contributed by atoms with E-state index in [0.717, 1.165) is 37.4 Å². The SMILES string of the molecule is CCN(CC1CCCNC1)c1cc(C)ccc1C#N. The van der Waals surface area contributed by atoms with Gasteiger partial charge in [0.1, 0.15) is 6.07 Å². The third kappa shape index (κ3) is 3.48. The fourth-order valence-electron chi connectivity index (χ4n) is 2.79. The fraction of sp³-hybridized carbons (Fsp3) is 0.562. The van der Waals surface area contributed by atoms with E-state index < -0.39 is 0 Å². The molecule has 0 bridgehead atoms. The van der Waals surface area contributed by atoms with E-state index in [4.69, 9.17) is 0 Å². The van der Waals surface area contributed by atoms with Gasteiger partial charge in [0.2, 0.25) is 0 Å². The van der Waals surface area contributed by atoms with Gasteiger partial charge in [-0.25, -0.2) is 0 Å². The predicted octanol–water partition coefficient (Wildman–Crippen LogP) is 2.69. The normalized spacial score (nSPS) is 18.9. The summed E-state index contributed by atoms with van der Waals surface area (Å²) in [5.74, 6) is 0.695. The Balaban J connectivity index is 2.16. The highest BCUT2D eigenvalue weighted by Crippen LogP contribution is 2.24. The van der Waals surface area contributed by atoms with Gasteiger partial charge in [0, 0.05) is 13.1 Å². The Morgan fingerprint density at radius 3 is 2.95 bits per heavy atom. The second-order valence-electron chi connectivity index (χ2n) is 5.38. The molecule has 0 aliphatic carbocycles. The molecule has 1 N–H and O–H groups in total. The second-order valence-corrected chi connectivity index (χ2v) is 5.38. The number of rotatable bonds is 4. The second kappa shape index (κ2) is 6.58. The maximum Gasteiger partial charge on any atom is 0.101 e. The van der Waals surface area contributed by atoms with E-state index in [0.29, 0.717) is 5.92 Å². The van der Waals surface area contributed by atoms with Crippen LogP contribution in [-0.4, -0.2) is 26.2 Å². The van der Waals surface area contributed by atoms with Crippen LogP contribution in [-0.2, 0) is 0 Å². The van der Waals surface area contributed by atoms with Gasteiger partial charge in [0.05, 0.1) is 11.3 Å². The van der Waals surface area contributed by atoms with E-state index >= 15 is 0 Å². The van der Waals surface area contributed by atoms with Crippen LogP contribution in [0.1, 0.15) is 30.9 Å². The third-order valence-electron chi connectivity index (χ3n) is 3.87. The number of piperidine rings is 1. The van der Waals surface area contributed by atoms with Crippen molar-refractivity contribution in [1.29, 1.82) is 5.26 Å². The lowest BCUT2D eigenvalue weighted by atomic mass is 9.98. The Labute approximate surface area is 116 Å². The molecule has 1 unspecified atom stereocenters. The molecule has 2 rings (SSSR count). The molecule has 1 saturated heterocycles. The summed E-state index contributed by atoms with van der Waals surface area (Å²) in [4.78, 5) is 2.35. The number of benzene rings is 1. The number of hydrogen-bond acceptors (Lipinski definition) is 3. The fourth-order valence-corrected chi connectivity index (χ4v) is 2.79. The van der Waals surface area contributed by atoms with E-state index in [1.54, 1.807) is 0 Å². The first-order valence-electron chi connectivity index (χ1n) is 7.21. The quantitative estimate of drug-likeness (QED) is 0.901. The standard InChI is InChI=1S/C16H23N3/c1-3-19(12-14-5-4-8-18-11-14)16-9-13(2)6-7-15(16)10-17/h6-7,9,14,18H,3-5,8,11-12H2,1-2H3. The van der Waals surface area contributed by atoms with Gasteiger partial charge >= 0.3 is 0 Å². The molecule has 1 aliphatic heterocycles. The Hall–Kier alpha value is -1.53. The monoisotopic (exact) mass is 257 g/mol. The van der Waals surface area contributed by atoms with E-state index in [9.17, 15) is 5.26 Å². The summed E-state index contributed by atoms with van der Waals surface area (Å²) in [5.41, 5.74) is 3.10. The van der Waals surface area contributed by atoms with Gasteiger partial charge in [0.25, 0.3) is 0 Å². The molecule has 3 nitrogen and oxygen atoms in total. The molecule has 102 valence electrons. The average Bonchev–Trinajstić information content (AvgIpc) is 2.46. The number of nitrogens with one attached hydrogen (secondary N) is 1. The predicted molar refractivity (Wildman–Crippen MR) is 79.4 cm³/mol. The highest BCUT2D eigenvalue weighted by atomic mass is 15.1. The highest BCUT2D eigenvalue weighted by molar-refractivity contribution is 5.60. The minimum atomic E-state index is 0.695. The van der Waals surface area contributed by atoms with Crippen molar-refractivity contribution in [2.24, 2.45) is 5.92 Å². The molecular weight excluding hydrogens is 234 g/mol. The molecule has 0 spiro atoms. The summed E-state index contributed by atoms with van der Waals surface area (Å²) in [6.45, 7) is 8.50. The Morgan fingerprint density at radius 1 is 1.47 bits per heavy atom. The number of nitriles is 1. The minimum absolute atomic E-state index is 0.695. The van der Waals surface area contributed by atoms with Gasteiger partial charge in [0.15, 0.2) is 0 Å². The lowest BCUT2D eigenvalue weighted by Gasteiger charge is -2.31. The first kappa shape index (κ1) is 13.9. The highest BCUT2D eigenvalue weighted by Gasteiger charge is 2.18. The van der Waals surface area contributed by atoms with Gasteiger partial charge in [-0.3, -0.25) is 0 Å². The van der Waals surface area contributed by atoms with Crippen LogP contribution in [0.4, 0.5) is 5.69 Å². The van der Waals surface area contributed by atoms with Crippen molar-refractivity contribution >= 4 is 5.69 Å². The smallest absolute Gasteiger partial charge is 0.101 e. The number of nitrogens with zero attached hydrogens (tertiary/aromatic N) is 2. The topological polar surface area (TPSA) is 39.1 Å². The lowest BCUT2D eigenvalue weighted by Crippen LogP contribution is -2.38. The molecule has 0 radical (unpaired) electrons. The van der Waals surface area contributed by atoms with Gasteiger partial charge < -0.3 is 10.2 Å². The van der Waals surface area contributed by atoms with Crippen LogP contribution in [0.5, 0.6) is 0 Å². The summed E-state index contributed by atoms with van der Waals surface area (Å²) < 4.78 is 0. The van der Waals surface area contributed by atoms with Crippen LogP contribution in [0, 0.1) is 24.2 Å². The Bertz CT molecular complexity index is 456. The maximum absolute atomic E-state index is 9.27. The van der Waals surface area contributed by atoms with Crippen molar-refractivity contribution in [3.63, 3.8) is 0 Å². The van der Waals surface area contributed by atoms with Crippen molar-refractivity contribution in [3.05, 3.63) is 29.3 Å². The summed E-state index contributed by atoms with van der Waals surface area (Å²) in [6.07, 6.45) is 2.55. The van der Waals surface area contributed by atoms with Crippen molar-refractivity contribution in [3.8, 4) is 6.07 Å². The molecule has 3 heteroatoms. The van der Waals surface area contributed by atoms with E-state index in [2.05, 4.69) is 36.2 Å². The molecular formula is C16H23N3. The van der Waals surface area contributed by atoms with Crippen molar-refractivity contribution in [2.45, 2.75) is 26.7 Å². The number of aryl methyl sites for hydroxylation is 1. The van der Waals surface area contributed by atoms with Crippen LogP contribution < -0.4 is 10.2 Å². The van der Waals surface area contributed by atoms with E-state index in [1.807, 2.05) is 12.1 Å². The molecule has 1 fully saturated rings. The van der Waals surface area contributed by atoms with Crippen LogP contribution in [0.15, 0.2) is 18.2 Å². The molecule has 1 atom stereocenters. The van der Waals surface area contributed by atoms with Crippen molar-refractivity contribution in [1.82, 2.24) is 5.32 Å². The summed E-state index contributed by atoms with van der Waals surface area (Å²) in [7, 11) is 0. The van der Waals surface area contributed by atoms with Gasteiger partial charge in [-0.05, 0) is 63.4 Å². The number of anilines is 1. The maximum atomic E-state index is 9.27. The van der Waals surface area contributed by atoms with Crippen molar-refractivity contribution < 1.29 is 0 Å². The third-order valence-corrected chi connectivity index (χ3v) is 3.87. The largest absolute Gasteiger partial charge is 0.370 e. The molecule has 0 amide bonds. The molecule has 1 aliphatic rings. The summed E-state index contributed by atoms with van der Waals surface area (Å²) in [6, 6.07) is 8.40. The first-order chi connectivity index (χ1) is 9.24. The van der Waals surface area contributed by atoms with Gasteiger partial charge in [-0.2, -0.15) is 5.26 Å². The Kier molecular flexibility index (Phi) is 4.81. The Morgan fingerprint density at radius 2 is 2.32 bits per heavy atom. The average molecular weight is 257 g/mol. The van der Waals surface area contributed by atoms with Crippen LogP contribution >= 0.6 is 0 Å². The van der Waals surface area contributed by atoms with Crippen molar-refractivity contribution in [2.75, 3.05) is 31.1 Å². The molecule has 1 aromatic carbocycles. The molecule has 0 aromatic heterocycles. The lowest BCUT2D eigenvalue weighted by molar-refractivity contribution is 0.378. The van der Waals surface area contributed by atoms with Gasteiger partial charge in [-0.1, -0.05) is 6.07 Å². The zero-order chi connectivity index (χ0) is 13.7. The van der Waals surface area contributed by atoms with Crippen LogP contribution in [0.2, 0.25) is 0 Å². The summed E-state index contributed by atoms with van der Waals surface area (Å²) in [5, 5.41) is 12.7. The zero-order valence-corrected chi connectivity index (χ0v) is 11.9. The minimum Gasteiger partial charge on any atom is -0.370 e. The number of hydrogen-bond donors (Lipinski definition) is 1. The zero-order valence-electron chi connectivity index (χ0n) is 11.9. The van der Waals surface area contributed by atoms with E-state index in [-0.39, 0.29) is 0 Å². The molecule has 1 heterocycles. The molecule has 1 aromatic rings. The van der Waals surface area contributed by atoms with Crippen LogP contribution in [0.25, 0.3) is 0 Å². The van der Waals surface area contributed by atoms with Gasteiger partial charge in [-0.15, -0.1) is 0 Å². The molecule has 19 heavy (non-hydrogen) atoms. The first-order valence-corrected chi connectivity index (χ1v) is 7.21. The van der Waals surface area contributed by atoms with Crippen LogP contribution in [0.3, 0.4) is 0 Å².